The van der Waals surface area contributed by atoms with Crippen molar-refractivity contribution in [3.63, 3.8) is 0 Å². The van der Waals surface area contributed by atoms with Gasteiger partial charge in [-0.1, -0.05) is 72.4 Å². The Balaban J connectivity index is 0.000000362. The summed E-state index contributed by atoms with van der Waals surface area (Å²) in [4.78, 5) is 17.7. The van der Waals surface area contributed by atoms with Crippen LogP contribution in [0.25, 0.3) is 33.3 Å². The summed E-state index contributed by atoms with van der Waals surface area (Å²) in [5.74, 6) is -0.0625. The molecule has 201 valence electrons. The summed E-state index contributed by atoms with van der Waals surface area (Å²) >= 11 is 0. The van der Waals surface area contributed by atoms with Gasteiger partial charge in [-0.05, 0) is 49.7 Å². The van der Waals surface area contributed by atoms with Crippen LogP contribution in [0.2, 0.25) is 13.1 Å². The number of anilines is 3. The molecule has 0 amide bonds. The fourth-order valence-electron chi connectivity index (χ4n) is 5.86. The molecule has 0 fully saturated rings. The van der Waals surface area contributed by atoms with Crippen LogP contribution in [-0.2, 0) is 24.9 Å². The van der Waals surface area contributed by atoms with Crippen molar-refractivity contribution in [2.24, 2.45) is 0 Å². The van der Waals surface area contributed by atoms with Crippen LogP contribution in [0.15, 0.2) is 103 Å². The van der Waals surface area contributed by atoms with Crippen molar-refractivity contribution in [1.29, 1.82) is 0 Å². The Morgan fingerprint density at radius 1 is 0.875 bits per heavy atom. The minimum atomic E-state index is -1.81. The predicted octanol–water partition coefficient (Wildman–Crippen LogP) is 7.32. The summed E-state index contributed by atoms with van der Waals surface area (Å²) in [6.07, 6.45) is 1.17. The average molecular weight is 718 g/mol. The summed E-state index contributed by atoms with van der Waals surface area (Å²) in [6.45, 7) is 7.78. The zero-order chi connectivity index (χ0) is 27.3. The number of ketones is 1. The third-order valence-electron chi connectivity index (χ3n) is 7.49. The van der Waals surface area contributed by atoms with Crippen molar-refractivity contribution < 1.29 is 30.0 Å². The average Bonchev–Trinajstić information content (AvgIpc) is 3.08. The molecule has 3 heterocycles. The Morgan fingerprint density at radius 2 is 1.57 bits per heavy atom. The molecule has 0 bridgehead atoms. The molecule has 1 aromatic heterocycles. The molecule has 2 aliphatic rings. The maximum absolute atomic E-state index is 10.0. The molecule has 0 spiro atoms. The molecule has 7 rings (SSSR count). The summed E-state index contributed by atoms with van der Waals surface area (Å²) < 4.78 is 0. The maximum atomic E-state index is 10.0. The molecule has 0 saturated heterocycles. The quantitative estimate of drug-likeness (QED) is 0.0884. The Labute approximate surface area is 249 Å². The molecular weight excluding hydrogens is 689 g/mol. The van der Waals surface area contributed by atoms with E-state index in [0.717, 1.165) is 33.5 Å². The van der Waals surface area contributed by atoms with E-state index in [-0.39, 0.29) is 31.6 Å². The van der Waals surface area contributed by atoms with Gasteiger partial charge in [0.1, 0.15) is 0 Å². The molecule has 6 heteroatoms. The predicted molar refractivity (Wildman–Crippen MR) is 164 cm³/mol. The molecule has 1 N–H and O–H groups in total. The number of hydrogen-bond acceptors (Lipinski definition) is 4. The number of carbonyl (C=O) groups excluding carboxylic acids is 1. The van der Waals surface area contributed by atoms with Gasteiger partial charge in [0.2, 0.25) is 0 Å². The number of nitrogens with zero attached hydrogens (tertiary/aromatic N) is 2. The third-order valence-corrected chi connectivity index (χ3v) is 11.0. The summed E-state index contributed by atoms with van der Waals surface area (Å²) in [5.41, 5.74) is 9.39. The molecule has 40 heavy (non-hydrogen) atoms. The Kier molecular flexibility index (Phi) is 7.36. The molecular formula is C34H29IrN2O2Si-. The van der Waals surface area contributed by atoms with Gasteiger partial charge in [0.25, 0.3) is 0 Å². The van der Waals surface area contributed by atoms with Crippen molar-refractivity contribution in [2.45, 2.75) is 26.9 Å². The van der Waals surface area contributed by atoms with Crippen LogP contribution in [-0.4, -0.2) is 23.9 Å². The van der Waals surface area contributed by atoms with Crippen LogP contribution in [0.5, 0.6) is 0 Å². The van der Waals surface area contributed by atoms with Gasteiger partial charge < -0.3 is 10.0 Å². The van der Waals surface area contributed by atoms with Crippen molar-refractivity contribution in [1.82, 2.24) is 4.98 Å². The molecule has 0 unspecified atom stereocenters. The normalized spacial score (nSPS) is 13.8. The maximum Gasteiger partial charge on any atom is 0.155 e. The van der Waals surface area contributed by atoms with E-state index in [1.807, 2.05) is 0 Å². The number of rotatable bonds is 2. The van der Waals surface area contributed by atoms with Crippen LogP contribution >= 0.6 is 0 Å². The second-order valence-corrected chi connectivity index (χ2v) is 14.9. The minimum absolute atomic E-state index is 0. The van der Waals surface area contributed by atoms with Crippen LogP contribution in [0.3, 0.4) is 0 Å². The Bertz CT molecular complexity index is 1790. The van der Waals surface area contributed by atoms with Crippen LogP contribution in [0, 0.1) is 6.07 Å². The van der Waals surface area contributed by atoms with E-state index >= 15 is 0 Å². The number of aliphatic hydroxyl groups is 1. The molecule has 0 saturated carbocycles. The topological polar surface area (TPSA) is 53.4 Å². The molecule has 0 atom stereocenters. The number of fused-ring (bicyclic) bond motifs is 3. The van der Waals surface area contributed by atoms with E-state index in [4.69, 9.17) is 10.1 Å². The summed E-state index contributed by atoms with van der Waals surface area (Å²) in [5, 5.41) is 12.5. The summed E-state index contributed by atoms with van der Waals surface area (Å²) in [7, 11) is -1.81. The first-order valence-corrected chi connectivity index (χ1v) is 16.1. The van der Waals surface area contributed by atoms with E-state index in [0.29, 0.717) is 0 Å². The molecule has 4 aromatic carbocycles. The number of aliphatic hydroxyl groups excluding tert-OH is 1. The van der Waals surface area contributed by atoms with Crippen molar-refractivity contribution in [2.75, 3.05) is 4.90 Å². The number of allylic oxidation sites excluding steroid dienone is 2. The van der Waals surface area contributed by atoms with E-state index in [1.54, 1.807) is 0 Å². The van der Waals surface area contributed by atoms with Crippen LogP contribution < -0.4 is 15.3 Å². The minimum Gasteiger partial charge on any atom is -0.512 e. The largest absolute Gasteiger partial charge is 0.512 e. The van der Waals surface area contributed by atoms with Gasteiger partial charge in [-0.25, -0.2) is 0 Å². The van der Waals surface area contributed by atoms with E-state index in [1.165, 1.54) is 47.1 Å². The van der Waals surface area contributed by atoms with Crippen LogP contribution in [0.1, 0.15) is 13.8 Å². The standard InChI is InChI=1S/C29H21N2Si.C5H8O2.Ir/c1-32(2)25-16-8-13-21-27(25)28-23(15-9-17-26(28)32)31(20-11-4-3-5-12-20)24-18-19-10-6-7-14-22(19)30-29(21)24;1-4(6)3-5(2)7;/h3-12,14-18H,1-2H3;3,6H,1-2H3;/q-1;;/b;4-3-;. The van der Waals surface area contributed by atoms with Gasteiger partial charge in [0.05, 0.1) is 19.3 Å². The zero-order valence-corrected chi connectivity index (χ0v) is 26.2. The second kappa shape index (κ2) is 10.6. The first kappa shape index (κ1) is 27.7. The SMILES string of the molecule is CC(=O)/C=C(/C)O.C[Si]1(C)c2cc[c-]c3c2-c2c(cccc21)N(c1ccccc1)c1cc2ccccc2nc1-3.[Ir]. The van der Waals surface area contributed by atoms with Gasteiger partial charge in [0.15, 0.2) is 5.78 Å². The second-order valence-electron chi connectivity index (χ2n) is 10.6. The van der Waals surface area contributed by atoms with Crippen molar-refractivity contribution in [3.8, 4) is 22.4 Å². The Morgan fingerprint density at radius 3 is 2.27 bits per heavy atom. The van der Waals surface area contributed by atoms with E-state index < -0.39 is 8.07 Å². The van der Waals surface area contributed by atoms with Gasteiger partial charge in [-0.3, -0.25) is 9.78 Å². The first-order chi connectivity index (χ1) is 18.8. The van der Waals surface area contributed by atoms with E-state index in [2.05, 4.69) is 115 Å². The number of aromatic nitrogens is 1. The number of carbonyl (C=O) groups is 1. The van der Waals surface area contributed by atoms with Crippen LogP contribution in [0.4, 0.5) is 17.1 Å². The van der Waals surface area contributed by atoms with E-state index in [9.17, 15) is 4.79 Å². The third kappa shape index (κ3) is 4.52. The zero-order valence-electron chi connectivity index (χ0n) is 22.8. The smallest absolute Gasteiger partial charge is 0.155 e. The van der Waals surface area contributed by atoms with Gasteiger partial charge in [-0.2, -0.15) is 0 Å². The molecule has 5 aromatic rings. The fourth-order valence-corrected chi connectivity index (χ4v) is 8.92. The number of pyridine rings is 1. The van der Waals surface area contributed by atoms with Gasteiger partial charge in [0, 0.05) is 54.3 Å². The monoisotopic (exact) mass is 718 g/mol. The van der Waals surface area contributed by atoms with Crippen molar-refractivity contribution in [3.05, 3.63) is 109 Å². The number of hydrogen-bond donors (Lipinski definition) is 1. The number of benzene rings is 4. The van der Waals surface area contributed by atoms with Gasteiger partial charge >= 0.3 is 0 Å². The molecule has 0 aliphatic carbocycles. The molecule has 4 nitrogen and oxygen atoms in total. The first-order valence-electron chi connectivity index (χ1n) is 13.1. The fraction of sp³-hybridized carbons (Fsp3) is 0.118. The molecule has 2 aliphatic heterocycles. The number of para-hydroxylation sites is 2. The Hall–Kier alpha value is -3.83. The van der Waals surface area contributed by atoms with Gasteiger partial charge in [-0.15, -0.1) is 28.9 Å². The summed E-state index contributed by atoms with van der Waals surface area (Å²) in [6, 6.07) is 36.2. The van der Waals surface area contributed by atoms with Crippen molar-refractivity contribution >= 4 is 52.2 Å². The molecule has 1 radical (unpaired) electrons.